The first-order valence-electron chi connectivity index (χ1n) is 6.60. The Balaban J connectivity index is 2.24. The first-order valence-corrected chi connectivity index (χ1v) is 6.60. The van der Waals surface area contributed by atoms with E-state index in [9.17, 15) is 4.79 Å². The molecule has 0 unspecified atom stereocenters. The van der Waals surface area contributed by atoms with Gasteiger partial charge in [-0.25, -0.2) is 4.98 Å². The van der Waals surface area contributed by atoms with Crippen LogP contribution in [0.3, 0.4) is 0 Å². The Hall–Kier alpha value is -2.14. The monoisotopic (exact) mass is 273 g/mol. The number of methoxy groups -OCH3 is 1. The fourth-order valence-electron chi connectivity index (χ4n) is 2.09. The molecule has 0 atom stereocenters. The number of carbonyl (C=O) groups excluding carboxylic acids is 1. The summed E-state index contributed by atoms with van der Waals surface area (Å²) in [5.41, 5.74) is 0.594. The van der Waals surface area contributed by atoms with E-state index in [2.05, 4.69) is 15.6 Å². The molecule has 5 heteroatoms. The van der Waals surface area contributed by atoms with Gasteiger partial charge in [0.05, 0.1) is 5.56 Å². The van der Waals surface area contributed by atoms with E-state index in [1.807, 2.05) is 31.3 Å². The molecule has 2 rings (SSSR count). The lowest BCUT2D eigenvalue weighted by atomic mass is 10.1. The molecule has 1 heterocycles. The molecule has 2 aromatic rings. The Morgan fingerprint density at radius 1 is 1.30 bits per heavy atom. The zero-order valence-electron chi connectivity index (χ0n) is 11.8. The number of hydrogen-bond acceptors (Lipinski definition) is 4. The molecule has 0 aliphatic heterocycles. The standard InChI is InChI=1S/C15H19N3O2/c1-16-14-12-7-4-3-6-11(12)13(10-18-14)15(19)17-8-5-9-20-2/h3-4,6-7,10H,5,8-9H2,1-2H3,(H,16,18)(H,17,19). The summed E-state index contributed by atoms with van der Waals surface area (Å²) in [4.78, 5) is 16.5. The first kappa shape index (κ1) is 14.3. The molecule has 0 radical (unpaired) electrons. The van der Waals surface area contributed by atoms with Crippen molar-refractivity contribution in [2.45, 2.75) is 6.42 Å². The van der Waals surface area contributed by atoms with Crippen molar-refractivity contribution in [2.75, 3.05) is 32.6 Å². The lowest BCUT2D eigenvalue weighted by Crippen LogP contribution is -2.25. The molecule has 1 aromatic carbocycles. The lowest BCUT2D eigenvalue weighted by molar-refractivity contribution is 0.0950. The summed E-state index contributed by atoms with van der Waals surface area (Å²) in [6, 6.07) is 7.74. The van der Waals surface area contributed by atoms with E-state index in [0.717, 1.165) is 23.0 Å². The van der Waals surface area contributed by atoms with Gasteiger partial charge in [-0.3, -0.25) is 4.79 Å². The van der Waals surface area contributed by atoms with E-state index >= 15 is 0 Å². The Morgan fingerprint density at radius 2 is 2.05 bits per heavy atom. The van der Waals surface area contributed by atoms with E-state index in [0.29, 0.717) is 18.7 Å². The van der Waals surface area contributed by atoms with Crippen LogP contribution >= 0.6 is 0 Å². The van der Waals surface area contributed by atoms with Gasteiger partial charge >= 0.3 is 0 Å². The molecule has 1 amide bonds. The Morgan fingerprint density at radius 3 is 2.75 bits per heavy atom. The number of nitrogens with zero attached hydrogens (tertiary/aromatic N) is 1. The number of pyridine rings is 1. The normalized spacial score (nSPS) is 10.5. The maximum absolute atomic E-state index is 12.2. The van der Waals surface area contributed by atoms with Crippen LogP contribution < -0.4 is 10.6 Å². The summed E-state index contributed by atoms with van der Waals surface area (Å²) < 4.78 is 4.96. The topological polar surface area (TPSA) is 63.2 Å². The molecule has 0 aliphatic rings. The van der Waals surface area contributed by atoms with Crippen LogP contribution in [0.15, 0.2) is 30.5 Å². The number of rotatable bonds is 6. The highest BCUT2D eigenvalue weighted by atomic mass is 16.5. The molecule has 0 fully saturated rings. The van der Waals surface area contributed by atoms with Crippen LogP contribution in [0.25, 0.3) is 10.8 Å². The maximum atomic E-state index is 12.2. The second-order valence-corrected chi connectivity index (χ2v) is 4.42. The van der Waals surface area contributed by atoms with Crippen molar-refractivity contribution in [3.05, 3.63) is 36.0 Å². The van der Waals surface area contributed by atoms with Crippen molar-refractivity contribution < 1.29 is 9.53 Å². The number of fused-ring (bicyclic) bond motifs is 1. The van der Waals surface area contributed by atoms with Crippen LogP contribution in [0, 0.1) is 0 Å². The summed E-state index contributed by atoms with van der Waals surface area (Å²) in [5, 5.41) is 7.76. The third-order valence-corrected chi connectivity index (χ3v) is 3.09. The van der Waals surface area contributed by atoms with Crippen molar-refractivity contribution >= 4 is 22.5 Å². The third kappa shape index (κ3) is 3.05. The second-order valence-electron chi connectivity index (χ2n) is 4.42. The van der Waals surface area contributed by atoms with Crippen LogP contribution in [0.5, 0.6) is 0 Å². The highest BCUT2D eigenvalue weighted by molar-refractivity contribution is 6.09. The smallest absolute Gasteiger partial charge is 0.253 e. The van der Waals surface area contributed by atoms with E-state index in [1.165, 1.54) is 0 Å². The van der Waals surface area contributed by atoms with Crippen molar-refractivity contribution in [1.82, 2.24) is 10.3 Å². The quantitative estimate of drug-likeness (QED) is 0.791. The van der Waals surface area contributed by atoms with Gasteiger partial charge in [0.2, 0.25) is 0 Å². The number of ether oxygens (including phenoxy) is 1. The fraction of sp³-hybridized carbons (Fsp3) is 0.333. The number of benzene rings is 1. The van der Waals surface area contributed by atoms with E-state index in [4.69, 9.17) is 4.74 Å². The van der Waals surface area contributed by atoms with Gasteiger partial charge in [0.1, 0.15) is 5.82 Å². The highest BCUT2D eigenvalue weighted by Gasteiger charge is 2.12. The fourth-order valence-corrected chi connectivity index (χ4v) is 2.09. The average Bonchev–Trinajstić information content (AvgIpc) is 2.50. The van der Waals surface area contributed by atoms with Gasteiger partial charge in [0.25, 0.3) is 5.91 Å². The number of aromatic nitrogens is 1. The van der Waals surface area contributed by atoms with Gasteiger partial charge < -0.3 is 15.4 Å². The zero-order chi connectivity index (χ0) is 14.4. The van der Waals surface area contributed by atoms with Gasteiger partial charge in [-0.2, -0.15) is 0 Å². The van der Waals surface area contributed by atoms with Crippen LogP contribution in [-0.4, -0.2) is 38.2 Å². The van der Waals surface area contributed by atoms with E-state index < -0.39 is 0 Å². The van der Waals surface area contributed by atoms with Crippen LogP contribution in [0.1, 0.15) is 16.8 Å². The second kappa shape index (κ2) is 6.86. The number of amides is 1. The van der Waals surface area contributed by atoms with Crippen LogP contribution in [0.2, 0.25) is 0 Å². The van der Waals surface area contributed by atoms with Crippen molar-refractivity contribution in [2.24, 2.45) is 0 Å². The molecule has 1 aromatic heterocycles. The molecule has 20 heavy (non-hydrogen) atoms. The molecule has 0 aliphatic carbocycles. The Kier molecular flexibility index (Phi) is 4.90. The van der Waals surface area contributed by atoms with Gasteiger partial charge in [-0.15, -0.1) is 0 Å². The maximum Gasteiger partial charge on any atom is 0.253 e. The third-order valence-electron chi connectivity index (χ3n) is 3.09. The Labute approximate surface area is 118 Å². The van der Waals surface area contributed by atoms with E-state index in [-0.39, 0.29) is 5.91 Å². The van der Waals surface area contributed by atoms with Crippen molar-refractivity contribution in [1.29, 1.82) is 0 Å². The molecule has 0 spiro atoms. The summed E-state index contributed by atoms with van der Waals surface area (Å²) in [7, 11) is 3.47. The molecule has 0 saturated carbocycles. The van der Waals surface area contributed by atoms with E-state index in [1.54, 1.807) is 13.3 Å². The van der Waals surface area contributed by atoms with Crippen molar-refractivity contribution in [3.8, 4) is 0 Å². The minimum absolute atomic E-state index is 0.104. The SMILES string of the molecule is CNc1ncc(C(=O)NCCCOC)c2ccccc12. The first-order chi connectivity index (χ1) is 9.77. The minimum Gasteiger partial charge on any atom is -0.385 e. The molecular weight excluding hydrogens is 254 g/mol. The van der Waals surface area contributed by atoms with Gasteiger partial charge in [0.15, 0.2) is 0 Å². The molecule has 0 saturated heterocycles. The van der Waals surface area contributed by atoms with Gasteiger partial charge in [-0.1, -0.05) is 24.3 Å². The predicted molar refractivity (Wildman–Crippen MR) is 80.1 cm³/mol. The minimum atomic E-state index is -0.104. The van der Waals surface area contributed by atoms with Crippen LogP contribution in [0.4, 0.5) is 5.82 Å². The molecule has 2 N–H and O–H groups in total. The van der Waals surface area contributed by atoms with Gasteiger partial charge in [-0.05, 0) is 11.8 Å². The summed E-state index contributed by atoms with van der Waals surface area (Å²) in [5.74, 6) is 0.670. The zero-order valence-corrected chi connectivity index (χ0v) is 11.8. The average molecular weight is 273 g/mol. The van der Waals surface area contributed by atoms with Crippen molar-refractivity contribution in [3.63, 3.8) is 0 Å². The van der Waals surface area contributed by atoms with Crippen LogP contribution in [-0.2, 0) is 4.74 Å². The molecular formula is C15H19N3O2. The number of nitrogens with one attached hydrogen (secondary N) is 2. The summed E-state index contributed by atoms with van der Waals surface area (Å²) >= 11 is 0. The highest BCUT2D eigenvalue weighted by Crippen LogP contribution is 2.23. The lowest BCUT2D eigenvalue weighted by Gasteiger charge is -2.10. The molecule has 0 bridgehead atoms. The Bertz CT molecular complexity index is 599. The summed E-state index contributed by atoms with van der Waals surface area (Å²) in [6.07, 6.45) is 2.40. The summed E-state index contributed by atoms with van der Waals surface area (Å²) in [6.45, 7) is 1.23. The predicted octanol–water partition coefficient (Wildman–Crippen LogP) is 2.04. The molecule has 5 nitrogen and oxygen atoms in total. The number of anilines is 1. The van der Waals surface area contributed by atoms with Gasteiger partial charge in [0, 0.05) is 38.9 Å². The molecule has 106 valence electrons. The number of carbonyl (C=O) groups is 1. The largest absolute Gasteiger partial charge is 0.385 e. The number of hydrogen-bond donors (Lipinski definition) is 2.